The fourth-order valence-electron chi connectivity index (χ4n) is 2.28. The molecule has 3 rings (SSSR count). The van der Waals surface area contributed by atoms with Crippen LogP contribution in [0.2, 0.25) is 0 Å². The molecule has 3 heteroatoms. The summed E-state index contributed by atoms with van der Waals surface area (Å²) in [4.78, 5) is 6.76. The molecule has 2 heterocycles. The Hall–Kier alpha value is -2.16. The van der Waals surface area contributed by atoms with Crippen LogP contribution in [-0.2, 0) is 0 Å². The number of aromatic nitrogens is 1. The number of hydrogen-bond donors (Lipinski definition) is 0. The summed E-state index contributed by atoms with van der Waals surface area (Å²) in [6.07, 6.45) is 4.90. The van der Waals surface area contributed by atoms with Gasteiger partial charge in [0, 0.05) is 18.5 Å². The highest BCUT2D eigenvalue weighted by molar-refractivity contribution is 5.83. The highest BCUT2D eigenvalue weighted by Gasteiger charge is 2.09. The van der Waals surface area contributed by atoms with Crippen molar-refractivity contribution in [3.05, 3.63) is 60.0 Å². The number of aryl methyl sites for hydroxylation is 1. The van der Waals surface area contributed by atoms with Gasteiger partial charge in [0.1, 0.15) is 11.6 Å². The molecule has 2 nitrogen and oxygen atoms in total. The van der Waals surface area contributed by atoms with Gasteiger partial charge in [-0.3, -0.25) is 0 Å². The standard InChI is InChI=1S/C16H15FN2/c1-12-4-2-5-13-7-8-15(18-16(12)13)19-10-3-6-14(17)9-11-19/h2-9H,10-11H2,1H3. The topological polar surface area (TPSA) is 16.1 Å². The van der Waals surface area contributed by atoms with E-state index in [4.69, 9.17) is 4.98 Å². The van der Waals surface area contributed by atoms with Gasteiger partial charge in [0.2, 0.25) is 0 Å². The van der Waals surface area contributed by atoms with Gasteiger partial charge in [0.25, 0.3) is 0 Å². The van der Waals surface area contributed by atoms with Crippen LogP contribution in [0, 0.1) is 6.92 Å². The zero-order valence-corrected chi connectivity index (χ0v) is 10.8. The maximum atomic E-state index is 13.2. The van der Waals surface area contributed by atoms with E-state index in [0.717, 1.165) is 22.3 Å². The number of anilines is 1. The van der Waals surface area contributed by atoms with Gasteiger partial charge in [-0.25, -0.2) is 9.37 Å². The monoisotopic (exact) mass is 254 g/mol. The molecule has 1 aromatic carbocycles. The lowest BCUT2D eigenvalue weighted by Gasteiger charge is -2.20. The second-order valence-electron chi connectivity index (χ2n) is 4.71. The molecule has 1 aliphatic heterocycles. The molecule has 1 aliphatic rings. The molecule has 0 aliphatic carbocycles. The highest BCUT2D eigenvalue weighted by atomic mass is 19.1. The molecule has 96 valence electrons. The van der Waals surface area contributed by atoms with E-state index in [1.54, 1.807) is 6.08 Å². The molecule has 0 fully saturated rings. The minimum absolute atomic E-state index is 0.181. The number of pyridine rings is 1. The first-order valence-electron chi connectivity index (χ1n) is 6.37. The van der Waals surface area contributed by atoms with Crippen molar-refractivity contribution in [3.63, 3.8) is 0 Å². The minimum Gasteiger partial charge on any atom is -0.349 e. The Labute approximate surface area is 111 Å². The zero-order chi connectivity index (χ0) is 13.2. The van der Waals surface area contributed by atoms with Gasteiger partial charge < -0.3 is 4.90 Å². The van der Waals surface area contributed by atoms with Crippen LogP contribution in [0.4, 0.5) is 10.2 Å². The normalized spacial score (nSPS) is 15.5. The van der Waals surface area contributed by atoms with Crippen molar-refractivity contribution >= 4 is 16.7 Å². The quantitative estimate of drug-likeness (QED) is 0.770. The summed E-state index contributed by atoms with van der Waals surface area (Å²) in [6, 6.07) is 10.2. The Morgan fingerprint density at radius 2 is 2.05 bits per heavy atom. The van der Waals surface area contributed by atoms with Crippen LogP contribution in [-0.4, -0.2) is 18.1 Å². The van der Waals surface area contributed by atoms with Crippen molar-refractivity contribution in [3.8, 4) is 0 Å². The molecular weight excluding hydrogens is 239 g/mol. The number of fused-ring (bicyclic) bond motifs is 1. The number of para-hydroxylation sites is 1. The van der Waals surface area contributed by atoms with E-state index >= 15 is 0 Å². The first kappa shape index (κ1) is 11.9. The summed E-state index contributed by atoms with van der Waals surface area (Å²) in [7, 11) is 0. The predicted molar refractivity (Wildman–Crippen MR) is 77.0 cm³/mol. The maximum Gasteiger partial charge on any atom is 0.129 e. The molecule has 0 saturated carbocycles. The lowest BCUT2D eigenvalue weighted by Crippen LogP contribution is -2.23. The zero-order valence-electron chi connectivity index (χ0n) is 10.8. The Morgan fingerprint density at radius 3 is 2.95 bits per heavy atom. The molecule has 1 aromatic heterocycles. The van der Waals surface area contributed by atoms with Crippen molar-refractivity contribution in [2.75, 3.05) is 18.0 Å². The molecule has 0 N–H and O–H groups in total. The van der Waals surface area contributed by atoms with E-state index in [2.05, 4.69) is 30.0 Å². The van der Waals surface area contributed by atoms with Crippen molar-refractivity contribution in [2.45, 2.75) is 6.92 Å². The maximum absolute atomic E-state index is 13.2. The average molecular weight is 254 g/mol. The Kier molecular flexibility index (Phi) is 3.03. The molecule has 0 radical (unpaired) electrons. The molecule has 0 saturated heterocycles. The van der Waals surface area contributed by atoms with Crippen LogP contribution in [0.15, 0.2) is 54.4 Å². The number of hydrogen-bond acceptors (Lipinski definition) is 2. The lowest BCUT2D eigenvalue weighted by molar-refractivity contribution is 0.663. The van der Waals surface area contributed by atoms with Gasteiger partial charge >= 0.3 is 0 Å². The Morgan fingerprint density at radius 1 is 1.16 bits per heavy atom. The van der Waals surface area contributed by atoms with Crippen molar-refractivity contribution in [2.24, 2.45) is 0 Å². The number of nitrogens with zero attached hydrogens (tertiary/aromatic N) is 2. The summed E-state index contributed by atoms with van der Waals surface area (Å²) >= 11 is 0. The van der Waals surface area contributed by atoms with E-state index in [1.165, 1.54) is 6.08 Å². The molecule has 19 heavy (non-hydrogen) atoms. The third-order valence-corrected chi connectivity index (χ3v) is 3.34. The minimum atomic E-state index is -0.181. The summed E-state index contributed by atoms with van der Waals surface area (Å²) < 4.78 is 13.2. The third kappa shape index (κ3) is 2.36. The molecule has 0 atom stereocenters. The van der Waals surface area contributed by atoms with Gasteiger partial charge in [0.05, 0.1) is 5.52 Å². The molecule has 0 unspecified atom stereocenters. The van der Waals surface area contributed by atoms with Crippen LogP contribution in [0.5, 0.6) is 0 Å². The van der Waals surface area contributed by atoms with E-state index in [0.29, 0.717) is 13.1 Å². The fourth-order valence-corrected chi connectivity index (χ4v) is 2.28. The second kappa shape index (κ2) is 4.84. The highest BCUT2D eigenvalue weighted by Crippen LogP contribution is 2.21. The van der Waals surface area contributed by atoms with Crippen molar-refractivity contribution in [1.82, 2.24) is 4.98 Å². The molecule has 2 aromatic rings. The van der Waals surface area contributed by atoms with Gasteiger partial charge in [0.15, 0.2) is 0 Å². The van der Waals surface area contributed by atoms with E-state index in [1.807, 2.05) is 18.2 Å². The SMILES string of the molecule is Cc1cccc2ccc(N3CC=CC(F)=CC3)nc12. The van der Waals surface area contributed by atoms with Crippen molar-refractivity contribution in [1.29, 1.82) is 0 Å². The second-order valence-corrected chi connectivity index (χ2v) is 4.71. The molecular formula is C16H15FN2. The summed E-state index contributed by atoms with van der Waals surface area (Å²) in [5.74, 6) is 0.705. The first-order chi connectivity index (χ1) is 9.24. The summed E-state index contributed by atoms with van der Waals surface area (Å²) in [5.41, 5.74) is 2.17. The Bertz CT molecular complexity index is 674. The first-order valence-corrected chi connectivity index (χ1v) is 6.37. The largest absolute Gasteiger partial charge is 0.349 e. The smallest absolute Gasteiger partial charge is 0.129 e. The number of allylic oxidation sites excluding steroid dienone is 2. The van der Waals surface area contributed by atoms with Crippen molar-refractivity contribution < 1.29 is 4.39 Å². The number of halogens is 1. The fraction of sp³-hybridized carbons (Fsp3) is 0.188. The molecule has 0 spiro atoms. The number of rotatable bonds is 1. The third-order valence-electron chi connectivity index (χ3n) is 3.34. The van der Waals surface area contributed by atoms with Crippen LogP contribution >= 0.6 is 0 Å². The number of benzene rings is 1. The van der Waals surface area contributed by atoms with Gasteiger partial charge in [-0.2, -0.15) is 0 Å². The van der Waals surface area contributed by atoms with Crippen LogP contribution in [0.1, 0.15) is 5.56 Å². The Balaban J connectivity index is 2.01. The molecule has 0 bridgehead atoms. The van der Waals surface area contributed by atoms with Gasteiger partial charge in [-0.05, 0) is 36.8 Å². The van der Waals surface area contributed by atoms with Crippen LogP contribution < -0.4 is 4.90 Å². The van der Waals surface area contributed by atoms with Crippen LogP contribution in [0.3, 0.4) is 0 Å². The van der Waals surface area contributed by atoms with E-state index < -0.39 is 0 Å². The van der Waals surface area contributed by atoms with E-state index in [9.17, 15) is 4.39 Å². The summed E-state index contributed by atoms with van der Waals surface area (Å²) in [6.45, 7) is 3.28. The van der Waals surface area contributed by atoms with Crippen LogP contribution in [0.25, 0.3) is 10.9 Å². The van der Waals surface area contributed by atoms with Gasteiger partial charge in [-0.15, -0.1) is 0 Å². The van der Waals surface area contributed by atoms with Gasteiger partial charge in [-0.1, -0.05) is 24.3 Å². The van der Waals surface area contributed by atoms with E-state index in [-0.39, 0.29) is 5.83 Å². The predicted octanol–water partition coefficient (Wildman–Crippen LogP) is 3.77. The lowest BCUT2D eigenvalue weighted by atomic mass is 10.1. The average Bonchev–Trinajstić information content (AvgIpc) is 2.64. The summed E-state index contributed by atoms with van der Waals surface area (Å²) in [5, 5.41) is 1.14. The molecule has 0 amide bonds.